The maximum Gasteiger partial charge on any atom is 0.164 e. The number of halogens is 1. The Morgan fingerprint density at radius 1 is 0.517 bits per heavy atom. The second kappa shape index (κ2) is 7.57. The number of hydrogen-bond acceptors (Lipinski definition) is 3. The van der Waals surface area contributed by atoms with Gasteiger partial charge in [-0.15, -0.1) is 0 Å². The molecule has 0 aliphatic carbocycles. The largest absolute Gasteiger partial charge is 0.208 e. The number of aromatic nitrogens is 3. The quantitative estimate of drug-likeness (QED) is 0.311. The molecule has 0 N–H and O–H groups in total. The Bertz CT molecular complexity index is 1310. The van der Waals surface area contributed by atoms with E-state index in [1.165, 1.54) is 0 Å². The Morgan fingerprint density at radius 3 is 1.97 bits per heavy atom. The average molecular weight is 438 g/mol. The lowest BCUT2D eigenvalue weighted by atomic mass is 10.0. The van der Waals surface area contributed by atoms with Crippen LogP contribution in [-0.4, -0.2) is 15.0 Å². The van der Waals surface area contributed by atoms with Gasteiger partial charge >= 0.3 is 0 Å². The smallest absolute Gasteiger partial charge is 0.164 e. The second-order valence-corrected chi connectivity index (χ2v) is 7.62. The van der Waals surface area contributed by atoms with E-state index in [0.717, 1.165) is 31.9 Å². The van der Waals surface area contributed by atoms with Crippen LogP contribution < -0.4 is 0 Å². The molecular weight excluding hydrogens is 422 g/mol. The van der Waals surface area contributed by atoms with Gasteiger partial charge in [0.15, 0.2) is 17.5 Å². The van der Waals surface area contributed by atoms with Crippen LogP contribution in [0.25, 0.3) is 44.9 Å². The van der Waals surface area contributed by atoms with Gasteiger partial charge in [0, 0.05) is 21.2 Å². The number of hydrogen-bond donors (Lipinski definition) is 0. The topological polar surface area (TPSA) is 38.7 Å². The lowest BCUT2D eigenvalue weighted by Crippen LogP contribution is -2.00. The van der Waals surface area contributed by atoms with Crippen molar-refractivity contribution in [3.05, 3.63) is 102 Å². The molecule has 29 heavy (non-hydrogen) atoms. The van der Waals surface area contributed by atoms with Gasteiger partial charge in [0.05, 0.1) is 0 Å². The van der Waals surface area contributed by atoms with Crippen molar-refractivity contribution >= 4 is 26.7 Å². The Balaban J connectivity index is 1.78. The molecule has 0 saturated carbocycles. The molecule has 0 bridgehead atoms. The minimum absolute atomic E-state index is 0.656. The zero-order chi connectivity index (χ0) is 19.6. The molecule has 5 aromatic rings. The fourth-order valence-corrected chi connectivity index (χ4v) is 3.79. The Hall–Kier alpha value is -3.37. The third-order valence-corrected chi connectivity index (χ3v) is 5.27. The zero-order valence-electron chi connectivity index (χ0n) is 15.5. The van der Waals surface area contributed by atoms with Crippen molar-refractivity contribution in [3.8, 4) is 34.2 Å². The third kappa shape index (κ3) is 3.55. The summed E-state index contributed by atoms with van der Waals surface area (Å²) in [6, 6.07) is 32.6. The molecule has 0 amide bonds. The van der Waals surface area contributed by atoms with Crippen molar-refractivity contribution in [1.82, 2.24) is 15.0 Å². The SMILES string of the molecule is Brc1cccc(-c2nc(-c3ccccc3)nc(-c3cccc4ccccc34)n2)c1. The van der Waals surface area contributed by atoms with Crippen LogP contribution in [0.2, 0.25) is 0 Å². The van der Waals surface area contributed by atoms with Gasteiger partial charge < -0.3 is 0 Å². The second-order valence-electron chi connectivity index (χ2n) is 6.71. The minimum Gasteiger partial charge on any atom is -0.208 e. The van der Waals surface area contributed by atoms with E-state index in [2.05, 4.69) is 40.2 Å². The minimum atomic E-state index is 0.656. The van der Waals surface area contributed by atoms with Crippen LogP contribution in [0.4, 0.5) is 0 Å². The highest BCUT2D eigenvalue weighted by Crippen LogP contribution is 2.30. The predicted molar refractivity (Wildman–Crippen MR) is 121 cm³/mol. The van der Waals surface area contributed by atoms with Gasteiger partial charge in [-0.05, 0) is 22.9 Å². The zero-order valence-corrected chi connectivity index (χ0v) is 17.0. The molecule has 0 radical (unpaired) electrons. The Morgan fingerprint density at radius 2 is 1.14 bits per heavy atom. The molecule has 0 spiro atoms. The molecule has 0 unspecified atom stereocenters. The molecule has 1 aromatic heterocycles. The first-order valence-corrected chi connectivity index (χ1v) is 10.1. The lowest BCUT2D eigenvalue weighted by Gasteiger charge is -2.10. The van der Waals surface area contributed by atoms with E-state index >= 15 is 0 Å². The van der Waals surface area contributed by atoms with Gasteiger partial charge in [-0.1, -0.05) is 101 Å². The van der Waals surface area contributed by atoms with Crippen molar-refractivity contribution in [2.75, 3.05) is 0 Å². The Kier molecular flexibility index (Phi) is 4.62. The van der Waals surface area contributed by atoms with Crippen LogP contribution in [-0.2, 0) is 0 Å². The summed E-state index contributed by atoms with van der Waals surface area (Å²) in [5, 5.41) is 2.29. The molecule has 1 heterocycles. The molecule has 0 aliphatic rings. The van der Waals surface area contributed by atoms with Gasteiger partial charge in [0.1, 0.15) is 0 Å². The van der Waals surface area contributed by atoms with E-state index < -0.39 is 0 Å². The molecule has 5 rings (SSSR count). The van der Waals surface area contributed by atoms with Crippen molar-refractivity contribution in [2.24, 2.45) is 0 Å². The summed E-state index contributed by atoms with van der Waals surface area (Å²) < 4.78 is 0.989. The predicted octanol–water partition coefficient (Wildman–Crippen LogP) is 6.79. The Labute approximate surface area is 177 Å². The van der Waals surface area contributed by atoms with E-state index in [1.807, 2.05) is 72.8 Å². The van der Waals surface area contributed by atoms with Gasteiger partial charge in [-0.25, -0.2) is 15.0 Å². The molecule has 138 valence electrons. The number of benzene rings is 4. The average Bonchev–Trinajstić information content (AvgIpc) is 2.79. The molecule has 0 aliphatic heterocycles. The van der Waals surface area contributed by atoms with Gasteiger partial charge in [-0.3, -0.25) is 0 Å². The van der Waals surface area contributed by atoms with E-state index in [0.29, 0.717) is 17.5 Å². The number of rotatable bonds is 3. The van der Waals surface area contributed by atoms with Crippen molar-refractivity contribution in [1.29, 1.82) is 0 Å². The fraction of sp³-hybridized carbons (Fsp3) is 0. The number of nitrogens with zero attached hydrogens (tertiary/aromatic N) is 3. The maximum atomic E-state index is 4.85. The van der Waals surface area contributed by atoms with Gasteiger partial charge in [0.25, 0.3) is 0 Å². The van der Waals surface area contributed by atoms with E-state index in [-0.39, 0.29) is 0 Å². The first kappa shape index (κ1) is 17.7. The van der Waals surface area contributed by atoms with Crippen LogP contribution in [0.3, 0.4) is 0 Å². The first-order chi connectivity index (χ1) is 14.3. The molecular formula is C25H16BrN3. The highest BCUT2D eigenvalue weighted by atomic mass is 79.9. The number of fused-ring (bicyclic) bond motifs is 1. The van der Waals surface area contributed by atoms with E-state index in [9.17, 15) is 0 Å². The lowest BCUT2D eigenvalue weighted by molar-refractivity contribution is 1.08. The first-order valence-electron chi connectivity index (χ1n) is 9.33. The summed E-state index contributed by atoms with van der Waals surface area (Å²) in [4.78, 5) is 14.5. The van der Waals surface area contributed by atoms with Crippen LogP contribution in [0.1, 0.15) is 0 Å². The monoisotopic (exact) mass is 437 g/mol. The molecule has 0 saturated heterocycles. The van der Waals surface area contributed by atoms with Crippen molar-refractivity contribution in [3.63, 3.8) is 0 Å². The fourth-order valence-electron chi connectivity index (χ4n) is 3.39. The summed E-state index contributed by atoms with van der Waals surface area (Å²) in [6.45, 7) is 0. The van der Waals surface area contributed by atoms with Gasteiger partial charge in [0.2, 0.25) is 0 Å². The summed E-state index contributed by atoms with van der Waals surface area (Å²) in [5.41, 5.74) is 2.91. The van der Waals surface area contributed by atoms with Crippen molar-refractivity contribution in [2.45, 2.75) is 0 Å². The molecule has 3 nitrogen and oxygen atoms in total. The van der Waals surface area contributed by atoms with E-state index in [4.69, 9.17) is 15.0 Å². The molecule has 4 heteroatoms. The van der Waals surface area contributed by atoms with Crippen molar-refractivity contribution < 1.29 is 0 Å². The summed E-state index contributed by atoms with van der Waals surface area (Å²) >= 11 is 3.55. The normalized spacial score (nSPS) is 10.9. The maximum absolute atomic E-state index is 4.85. The van der Waals surface area contributed by atoms with Crippen LogP contribution in [0.5, 0.6) is 0 Å². The van der Waals surface area contributed by atoms with Gasteiger partial charge in [-0.2, -0.15) is 0 Å². The van der Waals surface area contributed by atoms with Crippen LogP contribution >= 0.6 is 15.9 Å². The molecule has 0 fully saturated rings. The standard InChI is InChI=1S/C25H16BrN3/c26-20-13-6-12-19(16-20)24-27-23(18-9-2-1-3-10-18)28-25(29-24)22-15-7-11-17-8-4-5-14-21(17)22/h1-16H. The summed E-state index contributed by atoms with van der Waals surface area (Å²) in [5.74, 6) is 1.99. The summed E-state index contributed by atoms with van der Waals surface area (Å²) in [6.07, 6.45) is 0. The highest BCUT2D eigenvalue weighted by molar-refractivity contribution is 9.10. The van der Waals surface area contributed by atoms with Crippen LogP contribution in [0, 0.1) is 0 Å². The van der Waals surface area contributed by atoms with E-state index in [1.54, 1.807) is 0 Å². The highest BCUT2D eigenvalue weighted by Gasteiger charge is 2.14. The molecule has 4 aromatic carbocycles. The summed E-state index contributed by atoms with van der Waals surface area (Å²) in [7, 11) is 0. The van der Waals surface area contributed by atoms with Crippen LogP contribution in [0.15, 0.2) is 102 Å². The molecule has 0 atom stereocenters. The third-order valence-electron chi connectivity index (χ3n) is 4.78.